The largest absolute Gasteiger partial charge is 0.481 e. The normalized spacial score (nSPS) is 27.1. The maximum atomic E-state index is 12.6. The van der Waals surface area contributed by atoms with Gasteiger partial charge in [0.15, 0.2) is 0 Å². The Morgan fingerprint density at radius 1 is 1.28 bits per heavy atom. The molecule has 1 aromatic rings. The minimum Gasteiger partial charge on any atom is -0.481 e. The van der Waals surface area contributed by atoms with Gasteiger partial charge in [0.1, 0.15) is 0 Å². The Balaban J connectivity index is 1.59. The van der Waals surface area contributed by atoms with Crippen molar-refractivity contribution in [1.29, 1.82) is 0 Å². The van der Waals surface area contributed by atoms with Crippen LogP contribution < -0.4 is 4.72 Å². The summed E-state index contributed by atoms with van der Waals surface area (Å²) >= 11 is 0. The average Bonchev–Trinajstić information content (AvgIpc) is 2.66. The molecule has 3 fully saturated rings. The molecule has 0 spiro atoms. The van der Waals surface area contributed by atoms with Gasteiger partial charge in [0.05, 0.1) is 0 Å². The van der Waals surface area contributed by atoms with Crippen molar-refractivity contribution in [3.8, 4) is 0 Å². The molecule has 0 amide bonds. The minimum absolute atomic E-state index is 0.0247. The Labute approximate surface area is 174 Å². The Bertz CT molecular complexity index is 875. The smallest absolute Gasteiger partial charge is 0.303 e. The predicted octanol–water partition coefficient (Wildman–Crippen LogP) is 4.50. The summed E-state index contributed by atoms with van der Waals surface area (Å²) < 4.78 is 28.2. The maximum Gasteiger partial charge on any atom is 0.303 e. The van der Waals surface area contributed by atoms with E-state index < -0.39 is 16.0 Å². The molecule has 2 bridgehead atoms. The van der Waals surface area contributed by atoms with Crippen molar-refractivity contribution in [2.24, 2.45) is 17.8 Å². The molecule has 158 valence electrons. The number of benzene rings is 1. The molecule has 1 aromatic carbocycles. The lowest BCUT2D eigenvalue weighted by Crippen LogP contribution is -2.49. The molecule has 3 saturated carbocycles. The second-order valence-corrected chi connectivity index (χ2v) is 10.0. The third kappa shape index (κ3) is 6.54. The van der Waals surface area contributed by atoms with Crippen LogP contribution in [0.4, 0.5) is 0 Å². The van der Waals surface area contributed by atoms with Gasteiger partial charge in [0.2, 0.25) is 10.0 Å². The second-order valence-electron chi connectivity index (χ2n) is 8.44. The summed E-state index contributed by atoms with van der Waals surface area (Å²) in [4.78, 5) is 10.6. The highest BCUT2D eigenvalue weighted by molar-refractivity contribution is 7.92. The number of rotatable bonds is 9. The van der Waals surface area contributed by atoms with Crippen molar-refractivity contribution >= 4 is 22.1 Å². The zero-order valence-electron chi connectivity index (χ0n) is 17.0. The fourth-order valence-corrected chi connectivity index (χ4v) is 5.87. The molecule has 4 rings (SSSR count). The first-order valence-corrected chi connectivity index (χ1v) is 12.0. The lowest BCUT2D eigenvalue weighted by Gasteiger charge is -2.46. The van der Waals surface area contributed by atoms with Crippen molar-refractivity contribution in [2.45, 2.75) is 57.9 Å². The van der Waals surface area contributed by atoms with E-state index in [1.165, 1.54) is 11.8 Å². The van der Waals surface area contributed by atoms with Crippen LogP contribution in [0.25, 0.3) is 6.08 Å². The highest BCUT2D eigenvalue weighted by Gasteiger charge is 2.42. The SMILES string of the molecule is Cc1cccc(/C=C/S(=O)(=O)NC2CC3CCC2C(/C=C/CCCC(=O)O)C3)c1. The first-order valence-electron chi connectivity index (χ1n) is 10.5. The van der Waals surface area contributed by atoms with Gasteiger partial charge in [-0.25, -0.2) is 13.1 Å². The summed E-state index contributed by atoms with van der Waals surface area (Å²) in [5, 5.41) is 10.0. The number of allylic oxidation sites excluding steroid dienone is 2. The van der Waals surface area contributed by atoms with Crippen LogP contribution in [0.1, 0.15) is 56.1 Å². The van der Waals surface area contributed by atoms with E-state index in [0.29, 0.717) is 24.2 Å². The molecule has 4 atom stereocenters. The molecular formula is C23H31NO4S. The van der Waals surface area contributed by atoms with E-state index in [0.717, 1.165) is 36.8 Å². The van der Waals surface area contributed by atoms with Crippen LogP contribution in [0.15, 0.2) is 41.8 Å². The molecule has 29 heavy (non-hydrogen) atoms. The summed E-state index contributed by atoms with van der Waals surface area (Å²) in [7, 11) is -3.50. The number of carbonyl (C=O) groups is 1. The van der Waals surface area contributed by atoms with E-state index in [1.54, 1.807) is 6.08 Å². The summed E-state index contributed by atoms with van der Waals surface area (Å²) in [6, 6.07) is 7.73. The number of carboxylic acids is 1. The summed E-state index contributed by atoms with van der Waals surface area (Å²) in [6.07, 6.45) is 11.8. The molecule has 0 radical (unpaired) electrons. The van der Waals surface area contributed by atoms with E-state index in [-0.39, 0.29) is 12.5 Å². The van der Waals surface area contributed by atoms with Crippen LogP contribution >= 0.6 is 0 Å². The number of fused-ring (bicyclic) bond motifs is 3. The minimum atomic E-state index is -3.50. The van der Waals surface area contributed by atoms with Crippen LogP contribution in [0, 0.1) is 24.7 Å². The van der Waals surface area contributed by atoms with Crippen molar-refractivity contribution in [2.75, 3.05) is 0 Å². The topological polar surface area (TPSA) is 83.5 Å². The van der Waals surface area contributed by atoms with Gasteiger partial charge in [0, 0.05) is 17.9 Å². The Morgan fingerprint density at radius 3 is 2.83 bits per heavy atom. The standard InChI is InChI=1S/C23H31NO4S/c1-17-6-5-7-18(14-17)12-13-29(27,28)24-22-16-19-10-11-21(22)20(15-19)8-3-2-4-9-23(25)26/h3,5-8,12-14,19-22,24H,2,4,9-11,15-16H2,1H3,(H,25,26)/b8-3+,13-12+. The number of hydrogen-bond donors (Lipinski definition) is 2. The molecule has 3 aliphatic carbocycles. The van der Waals surface area contributed by atoms with E-state index in [4.69, 9.17) is 5.11 Å². The van der Waals surface area contributed by atoms with Crippen LogP contribution in [0.2, 0.25) is 0 Å². The molecule has 5 nitrogen and oxygen atoms in total. The molecule has 0 saturated heterocycles. The number of aliphatic carboxylic acids is 1. The Hall–Kier alpha value is -1.92. The molecule has 6 heteroatoms. The van der Waals surface area contributed by atoms with Crippen molar-refractivity contribution in [3.63, 3.8) is 0 Å². The molecule has 0 aliphatic heterocycles. The van der Waals surface area contributed by atoms with Gasteiger partial charge in [-0.2, -0.15) is 0 Å². The van der Waals surface area contributed by atoms with Gasteiger partial charge < -0.3 is 5.11 Å². The van der Waals surface area contributed by atoms with E-state index >= 15 is 0 Å². The monoisotopic (exact) mass is 417 g/mol. The van der Waals surface area contributed by atoms with Crippen molar-refractivity contribution in [3.05, 3.63) is 53.0 Å². The number of unbranched alkanes of at least 4 members (excludes halogenated alkanes) is 1. The predicted molar refractivity (Wildman–Crippen MR) is 116 cm³/mol. The molecule has 3 aliphatic rings. The summed E-state index contributed by atoms with van der Waals surface area (Å²) in [6.45, 7) is 1.98. The van der Waals surface area contributed by atoms with Gasteiger partial charge in [-0.05, 0) is 68.4 Å². The highest BCUT2D eigenvalue weighted by atomic mass is 32.2. The fraction of sp³-hybridized carbons (Fsp3) is 0.522. The Morgan fingerprint density at radius 2 is 2.10 bits per heavy atom. The quantitative estimate of drug-likeness (QED) is 0.458. The fourth-order valence-electron chi connectivity index (χ4n) is 4.76. The molecule has 0 aromatic heterocycles. The number of nitrogens with one attached hydrogen (secondary N) is 1. The van der Waals surface area contributed by atoms with Crippen LogP contribution in [0.3, 0.4) is 0 Å². The average molecular weight is 418 g/mol. The number of sulfonamides is 1. The van der Waals surface area contributed by atoms with Gasteiger partial charge in [-0.3, -0.25) is 4.79 Å². The molecular weight excluding hydrogens is 386 g/mol. The van der Waals surface area contributed by atoms with E-state index in [2.05, 4.69) is 16.9 Å². The number of hydrogen-bond acceptors (Lipinski definition) is 3. The van der Waals surface area contributed by atoms with E-state index in [1.807, 2.05) is 31.2 Å². The first-order chi connectivity index (χ1) is 13.8. The maximum absolute atomic E-state index is 12.6. The molecule has 2 N–H and O–H groups in total. The first kappa shape index (κ1) is 21.8. The third-order valence-corrected chi connectivity index (χ3v) is 7.24. The van der Waals surface area contributed by atoms with Gasteiger partial charge in [0.25, 0.3) is 0 Å². The van der Waals surface area contributed by atoms with Crippen molar-refractivity contribution < 1.29 is 18.3 Å². The summed E-state index contributed by atoms with van der Waals surface area (Å²) in [5.41, 5.74) is 1.97. The summed E-state index contributed by atoms with van der Waals surface area (Å²) in [5.74, 6) is 0.490. The van der Waals surface area contributed by atoms with Crippen LogP contribution in [-0.2, 0) is 14.8 Å². The van der Waals surface area contributed by atoms with Gasteiger partial charge in [-0.1, -0.05) is 48.4 Å². The third-order valence-electron chi connectivity index (χ3n) is 6.11. The highest BCUT2D eigenvalue weighted by Crippen LogP contribution is 2.46. The second kappa shape index (κ2) is 9.72. The van der Waals surface area contributed by atoms with Gasteiger partial charge in [-0.15, -0.1) is 0 Å². The zero-order chi connectivity index (χ0) is 20.9. The van der Waals surface area contributed by atoms with Crippen LogP contribution in [-0.4, -0.2) is 25.5 Å². The zero-order valence-corrected chi connectivity index (χ0v) is 17.8. The molecule has 0 heterocycles. The number of carboxylic acid groups (broad SMARTS) is 1. The molecule has 4 unspecified atom stereocenters. The van der Waals surface area contributed by atoms with Crippen LogP contribution in [0.5, 0.6) is 0 Å². The van der Waals surface area contributed by atoms with Crippen molar-refractivity contribution in [1.82, 2.24) is 4.72 Å². The Kier molecular flexibility index (Phi) is 7.30. The van der Waals surface area contributed by atoms with Gasteiger partial charge >= 0.3 is 5.97 Å². The van der Waals surface area contributed by atoms with E-state index in [9.17, 15) is 13.2 Å². The number of aryl methyl sites for hydroxylation is 1. The lowest BCUT2D eigenvalue weighted by atomic mass is 9.62. The lowest BCUT2D eigenvalue weighted by molar-refractivity contribution is -0.137.